The molecule has 2 aromatic carbocycles. The summed E-state index contributed by atoms with van der Waals surface area (Å²) in [5, 5.41) is 7.83. The van der Waals surface area contributed by atoms with Gasteiger partial charge in [0.25, 0.3) is 5.56 Å². The minimum absolute atomic E-state index is 0.119. The second kappa shape index (κ2) is 8.14. The molecule has 0 spiro atoms. The number of nitrogens with one attached hydrogen (secondary N) is 1. The van der Waals surface area contributed by atoms with Gasteiger partial charge in [0.15, 0.2) is 5.13 Å². The Morgan fingerprint density at radius 3 is 2.61 bits per heavy atom. The average molecular weight is 390 g/mol. The fraction of sp³-hybridized carbons (Fsp3) is 0.143. The van der Waals surface area contributed by atoms with Crippen molar-refractivity contribution in [3.05, 3.63) is 77.1 Å². The second-order valence-electron chi connectivity index (χ2n) is 6.28. The molecule has 0 atom stereocenters. The van der Waals surface area contributed by atoms with Crippen LogP contribution in [0.25, 0.3) is 21.5 Å². The molecule has 2 aromatic heterocycles. The van der Waals surface area contributed by atoms with Crippen molar-refractivity contribution in [2.75, 3.05) is 5.32 Å². The van der Waals surface area contributed by atoms with E-state index in [1.54, 1.807) is 6.07 Å². The summed E-state index contributed by atoms with van der Waals surface area (Å²) in [5.41, 5.74) is 2.38. The van der Waals surface area contributed by atoms with E-state index >= 15 is 0 Å². The quantitative estimate of drug-likeness (QED) is 0.541. The third-order valence-corrected chi connectivity index (χ3v) is 5.20. The van der Waals surface area contributed by atoms with Crippen molar-refractivity contribution in [1.82, 2.24) is 14.8 Å². The molecule has 140 valence electrons. The molecule has 2 heterocycles. The number of amides is 1. The molecule has 4 aromatic rings. The minimum Gasteiger partial charge on any atom is -0.302 e. The van der Waals surface area contributed by atoms with Gasteiger partial charge in [-0.25, -0.2) is 9.67 Å². The summed E-state index contributed by atoms with van der Waals surface area (Å²) in [6.45, 7) is 0.382. The Bertz CT molecular complexity index is 1130. The lowest BCUT2D eigenvalue weighted by Gasteiger charge is -2.07. The predicted octanol–water partition coefficient (Wildman–Crippen LogP) is 3.94. The lowest BCUT2D eigenvalue weighted by molar-refractivity contribution is -0.116. The number of aryl methyl sites for hydroxylation is 1. The van der Waals surface area contributed by atoms with Crippen molar-refractivity contribution in [2.24, 2.45) is 0 Å². The Kier molecular flexibility index (Phi) is 5.25. The molecule has 0 aliphatic heterocycles. The lowest BCUT2D eigenvalue weighted by atomic mass is 10.1. The molecule has 0 saturated heterocycles. The van der Waals surface area contributed by atoms with E-state index in [1.807, 2.05) is 54.6 Å². The molecule has 0 unspecified atom stereocenters. The third kappa shape index (κ3) is 4.15. The number of carbonyl (C=O) groups is 1. The summed E-state index contributed by atoms with van der Waals surface area (Å²) in [6, 6.07) is 20.7. The summed E-state index contributed by atoms with van der Waals surface area (Å²) in [6.07, 6.45) is 0.807. The van der Waals surface area contributed by atoms with Gasteiger partial charge >= 0.3 is 0 Å². The van der Waals surface area contributed by atoms with Crippen LogP contribution in [0.3, 0.4) is 0 Å². The van der Waals surface area contributed by atoms with Crippen LogP contribution in [-0.4, -0.2) is 20.7 Å². The van der Waals surface area contributed by atoms with Gasteiger partial charge in [-0.15, -0.1) is 0 Å². The van der Waals surface area contributed by atoms with E-state index in [9.17, 15) is 9.59 Å². The molecule has 0 aliphatic carbocycles. The van der Waals surface area contributed by atoms with Crippen LogP contribution in [0.4, 0.5) is 5.13 Å². The highest BCUT2D eigenvalue weighted by Crippen LogP contribution is 2.25. The van der Waals surface area contributed by atoms with Crippen LogP contribution < -0.4 is 10.9 Å². The molecule has 7 heteroatoms. The highest BCUT2D eigenvalue weighted by molar-refractivity contribution is 7.22. The number of rotatable bonds is 6. The van der Waals surface area contributed by atoms with Gasteiger partial charge in [0.05, 0.1) is 15.9 Å². The van der Waals surface area contributed by atoms with E-state index in [0.717, 1.165) is 21.5 Å². The number of hydrogen-bond donors (Lipinski definition) is 1. The van der Waals surface area contributed by atoms with Crippen LogP contribution in [0.5, 0.6) is 0 Å². The van der Waals surface area contributed by atoms with Gasteiger partial charge in [0, 0.05) is 24.6 Å². The van der Waals surface area contributed by atoms with Crippen LogP contribution in [-0.2, 0) is 11.3 Å². The fourth-order valence-electron chi connectivity index (χ4n) is 2.87. The number of thiazole rings is 1. The van der Waals surface area contributed by atoms with E-state index in [0.29, 0.717) is 24.5 Å². The molecule has 0 bridgehead atoms. The highest BCUT2D eigenvalue weighted by Gasteiger charge is 2.08. The third-order valence-electron chi connectivity index (χ3n) is 4.25. The molecule has 4 rings (SSSR count). The fourth-order valence-corrected chi connectivity index (χ4v) is 3.75. The largest absolute Gasteiger partial charge is 0.302 e. The number of aromatic nitrogens is 3. The Hall–Kier alpha value is -3.32. The number of carbonyl (C=O) groups excluding carboxylic acids is 1. The van der Waals surface area contributed by atoms with Gasteiger partial charge in [0.2, 0.25) is 5.91 Å². The smallest absolute Gasteiger partial charge is 0.266 e. The van der Waals surface area contributed by atoms with Gasteiger partial charge in [-0.1, -0.05) is 53.8 Å². The summed E-state index contributed by atoms with van der Waals surface area (Å²) in [4.78, 5) is 28.7. The molecular formula is C21H18N4O2S. The Morgan fingerprint density at radius 2 is 1.79 bits per heavy atom. The lowest BCUT2D eigenvalue weighted by Crippen LogP contribution is -2.23. The molecule has 1 N–H and O–H groups in total. The van der Waals surface area contributed by atoms with Crippen molar-refractivity contribution in [3.63, 3.8) is 0 Å². The van der Waals surface area contributed by atoms with Gasteiger partial charge in [-0.3, -0.25) is 9.59 Å². The Morgan fingerprint density at radius 1 is 1.00 bits per heavy atom. The molecule has 28 heavy (non-hydrogen) atoms. The molecule has 1 amide bonds. The zero-order valence-corrected chi connectivity index (χ0v) is 15.9. The van der Waals surface area contributed by atoms with Crippen LogP contribution in [0.2, 0.25) is 0 Å². The van der Waals surface area contributed by atoms with Crippen molar-refractivity contribution >= 4 is 32.6 Å². The van der Waals surface area contributed by atoms with Gasteiger partial charge in [0.1, 0.15) is 0 Å². The average Bonchev–Trinajstić information content (AvgIpc) is 3.12. The topological polar surface area (TPSA) is 76.9 Å². The zero-order valence-electron chi connectivity index (χ0n) is 15.0. The Labute approximate surface area is 165 Å². The normalized spacial score (nSPS) is 10.9. The second-order valence-corrected chi connectivity index (χ2v) is 7.32. The molecular weight excluding hydrogens is 372 g/mol. The first-order valence-electron chi connectivity index (χ1n) is 8.98. The van der Waals surface area contributed by atoms with Crippen molar-refractivity contribution in [3.8, 4) is 11.3 Å². The maximum absolute atomic E-state index is 12.2. The number of hydrogen-bond acceptors (Lipinski definition) is 5. The van der Waals surface area contributed by atoms with Gasteiger partial charge in [-0.05, 0) is 24.6 Å². The van der Waals surface area contributed by atoms with E-state index in [1.165, 1.54) is 22.1 Å². The maximum Gasteiger partial charge on any atom is 0.266 e. The van der Waals surface area contributed by atoms with Crippen molar-refractivity contribution in [1.29, 1.82) is 0 Å². The van der Waals surface area contributed by atoms with E-state index in [4.69, 9.17) is 0 Å². The number of benzene rings is 2. The zero-order chi connectivity index (χ0) is 19.3. The van der Waals surface area contributed by atoms with Crippen LogP contribution in [0, 0.1) is 0 Å². The van der Waals surface area contributed by atoms with Gasteiger partial charge < -0.3 is 5.32 Å². The molecule has 0 aliphatic rings. The minimum atomic E-state index is -0.175. The molecule has 0 fully saturated rings. The standard InChI is InChI=1S/C21H18N4O2S/c26-19(23-21-22-17-9-4-5-10-18(17)28-21)11-6-14-25-20(27)13-12-16(24-25)15-7-2-1-3-8-15/h1-5,7-10,12-13H,6,11,14H2,(H,22,23,26). The van der Waals surface area contributed by atoms with Crippen LogP contribution in [0.15, 0.2) is 71.5 Å². The monoisotopic (exact) mass is 390 g/mol. The number of nitrogens with zero attached hydrogens (tertiary/aromatic N) is 3. The summed E-state index contributed by atoms with van der Waals surface area (Å²) in [5.74, 6) is -0.119. The van der Waals surface area contributed by atoms with Crippen LogP contribution >= 0.6 is 11.3 Å². The predicted molar refractivity (Wildman–Crippen MR) is 111 cm³/mol. The first-order valence-corrected chi connectivity index (χ1v) is 9.80. The van der Waals surface area contributed by atoms with Crippen molar-refractivity contribution in [2.45, 2.75) is 19.4 Å². The number of para-hydroxylation sites is 1. The molecule has 0 radical (unpaired) electrons. The SMILES string of the molecule is O=C(CCCn1nc(-c2ccccc2)ccc1=O)Nc1nc2ccccc2s1. The molecule has 6 nitrogen and oxygen atoms in total. The van der Waals surface area contributed by atoms with E-state index in [2.05, 4.69) is 15.4 Å². The first-order chi connectivity index (χ1) is 13.7. The van der Waals surface area contributed by atoms with E-state index < -0.39 is 0 Å². The molecule has 0 saturated carbocycles. The maximum atomic E-state index is 12.2. The van der Waals surface area contributed by atoms with Crippen LogP contribution in [0.1, 0.15) is 12.8 Å². The van der Waals surface area contributed by atoms with E-state index in [-0.39, 0.29) is 11.5 Å². The summed E-state index contributed by atoms with van der Waals surface area (Å²) in [7, 11) is 0. The Balaban J connectivity index is 1.36. The first kappa shape index (κ1) is 18.1. The summed E-state index contributed by atoms with van der Waals surface area (Å²) < 4.78 is 2.44. The summed E-state index contributed by atoms with van der Waals surface area (Å²) >= 11 is 1.45. The number of anilines is 1. The van der Waals surface area contributed by atoms with Gasteiger partial charge in [-0.2, -0.15) is 5.10 Å². The van der Waals surface area contributed by atoms with Crippen molar-refractivity contribution < 1.29 is 4.79 Å². The number of fused-ring (bicyclic) bond motifs is 1. The highest BCUT2D eigenvalue weighted by atomic mass is 32.1.